The third-order valence-electron chi connectivity index (χ3n) is 1.96. The van der Waals surface area contributed by atoms with E-state index in [1.165, 1.54) is 11.5 Å². The molecule has 0 aliphatic rings. The molecule has 0 bridgehead atoms. The van der Waals surface area contributed by atoms with Gasteiger partial charge in [0, 0.05) is 18.5 Å². The highest BCUT2D eigenvalue weighted by Gasteiger charge is 2.07. The molecule has 2 aromatic heterocycles. The van der Waals surface area contributed by atoms with Crippen molar-refractivity contribution in [3.8, 4) is 0 Å². The Balaban J connectivity index is 2.06. The quantitative estimate of drug-likeness (QED) is 0.893. The molecule has 0 aliphatic heterocycles. The van der Waals surface area contributed by atoms with E-state index in [9.17, 15) is 0 Å². The van der Waals surface area contributed by atoms with E-state index in [4.69, 9.17) is 5.73 Å². The summed E-state index contributed by atoms with van der Waals surface area (Å²) >= 11 is 3.08. The Hall–Kier alpha value is -1.14. The molecule has 0 spiro atoms. The first kappa shape index (κ1) is 10.4. The second kappa shape index (κ2) is 4.16. The Labute approximate surface area is 96.5 Å². The minimum atomic E-state index is 0.580. The summed E-state index contributed by atoms with van der Waals surface area (Å²) in [5.74, 6) is 0.580. The standard InChI is InChI=1S/C9H12N4S2/c1-6-11-7(5-14-6)4-13(2)9-3-8(10)12-15-9/h3,5H,4H2,1-2H3,(H2,10,12). The van der Waals surface area contributed by atoms with Crippen molar-refractivity contribution in [3.63, 3.8) is 0 Å². The van der Waals surface area contributed by atoms with Crippen molar-refractivity contribution in [2.75, 3.05) is 17.7 Å². The van der Waals surface area contributed by atoms with Crippen LogP contribution in [0.15, 0.2) is 11.4 Å². The van der Waals surface area contributed by atoms with E-state index in [1.54, 1.807) is 11.3 Å². The predicted molar refractivity (Wildman–Crippen MR) is 65.5 cm³/mol. The van der Waals surface area contributed by atoms with Gasteiger partial charge < -0.3 is 10.6 Å². The van der Waals surface area contributed by atoms with Gasteiger partial charge in [-0.05, 0) is 18.5 Å². The fraction of sp³-hybridized carbons (Fsp3) is 0.333. The molecule has 0 fully saturated rings. The SMILES string of the molecule is Cc1nc(CN(C)c2cc(N)ns2)cs1. The van der Waals surface area contributed by atoms with Crippen molar-refractivity contribution in [2.45, 2.75) is 13.5 Å². The Bertz CT molecular complexity index is 448. The maximum Gasteiger partial charge on any atom is 0.139 e. The van der Waals surface area contributed by atoms with Gasteiger partial charge in [0.1, 0.15) is 10.8 Å². The van der Waals surface area contributed by atoms with E-state index in [0.717, 1.165) is 22.2 Å². The van der Waals surface area contributed by atoms with Crippen LogP contribution in [-0.2, 0) is 6.54 Å². The highest BCUT2D eigenvalue weighted by Crippen LogP contribution is 2.23. The van der Waals surface area contributed by atoms with Crippen molar-refractivity contribution in [1.29, 1.82) is 0 Å². The van der Waals surface area contributed by atoms with Gasteiger partial charge in [0.05, 0.1) is 17.2 Å². The fourth-order valence-electron chi connectivity index (χ4n) is 1.26. The van der Waals surface area contributed by atoms with Gasteiger partial charge in [-0.3, -0.25) is 0 Å². The summed E-state index contributed by atoms with van der Waals surface area (Å²) in [7, 11) is 2.02. The van der Waals surface area contributed by atoms with Crippen LogP contribution in [0, 0.1) is 6.92 Å². The second-order valence-corrected chi connectivity index (χ2v) is 5.15. The summed E-state index contributed by atoms with van der Waals surface area (Å²) in [4.78, 5) is 6.51. The number of anilines is 2. The molecule has 0 aliphatic carbocycles. The van der Waals surface area contributed by atoms with E-state index in [2.05, 4.69) is 19.6 Å². The number of nitrogens with zero attached hydrogens (tertiary/aromatic N) is 3. The summed E-state index contributed by atoms with van der Waals surface area (Å²) in [5.41, 5.74) is 6.66. The van der Waals surface area contributed by atoms with Crippen LogP contribution >= 0.6 is 22.9 Å². The molecule has 6 heteroatoms. The van der Waals surface area contributed by atoms with E-state index in [-0.39, 0.29) is 0 Å². The number of nitrogens with two attached hydrogens (primary N) is 1. The van der Waals surface area contributed by atoms with Crippen LogP contribution < -0.4 is 10.6 Å². The van der Waals surface area contributed by atoms with E-state index >= 15 is 0 Å². The lowest BCUT2D eigenvalue weighted by Crippen LogP contribution is -2.15. The first-order valence-electron chi connectivity index (χ1n) is 4.49. The number of aromatic nitrogens is 2. The molecule has 15 heavy (non-hydrogen) atoms. The number of hydrogen-bond donors (Lipinski definition) is 1. The van der Waals surface area contributed by atoms with Gasteiger partial charge in [0.15, 0.2) is 0 Å². The molecule has 0 radical (unpaired) electrons. The smallest absolute Gasteiger partial charge is 0.139 e. The van der Waals surface area contributed by atoms with E-state index < -0.39 is 0 Å². The third kappa shape index (κ3) is 2.45. The maximum absolute atomic E-state index is 5.57. The van der Waals surface area contributed by atoms with Crippen molar-refractivity contribution in [3.05, 3.63) is 22.1 Å². The first-order chi connectivity index (χ1) is 7.15. The van der Waals surface area contributed by atoms with Crippen LogP contribution in [0.2, 0.25) is 0 Å². The van der Waals surface area contributed by atoms with Gasteiger partial charge in [-0.25, -0.2) is 4.98 Å². The summed E-state index contributed by atoms with van der Waals surface area (Å²) in [6.45, 7) is 2.81. The monoisotopic (exact) mass is 240 g/mol. The van der Waals surface area contributed by atoms with Crippen LogP contribution in [0.4, 0.5) is 10.8 Å². The van der Waals surface area contributed by atoms with E-state index in [0.29, 0.717) is 5.82 Å². The number of thiazole rings is 1. The van der Waals surface area contributed by atoms with Crippen LogP contribution in [0.1, 0.15) is 10.7 Å². The number of rotatable bonds is 3. The maximum atomic E-state index is 5.57. The molecule has 0 saturated carbocycles. The molecule has 0 saturated heterocycles. The summed E-state index contributed by atoms with van der Waals surface area (Å²) in [5, 5.41) is 4.25. The summed E-state index contributed by atoms with van der Waals surface area (Å²) < 4.78 is 4.04. The van der Waals surface area contributed by atoms with Gasteiger partial charge >= 0.3 is 0 Å². The van der Waals surface area contributed by atoms with Gasteiger partial charge in [-0.1, -0.05) is 0 Å². The average Bonchev–Trinajstić information content (AvgIpc) is 2.75. The Morgan fingerprint density at radius 1 is 1.53 bits per heavy atom. The number of nitrogen functional groups attached to an aromatic ring is 1. The first-order valence-corrected chi connectivity index (χ1v) is 6.15. The zero-order valence-electron chi connectivity index (χ0n) is 8.60. The zero-order chi connectivity index (χ0) is 10.8. The van der Waals surface area contributed by atoms with Crippen molar-refractivity contribution < 1.29 is 0 Å². The van der Waals surface area contributed by atoms with Crippen molar-refractivity contribution in [2.24, 2.45) is 0 Å². The molecule has 0 aromatic carbocycles. The van der Waals surface area contributed by atoms with Crippen molar-refractivity contribution >= 4 is 33.7 Å². The summed E-state index contributed by atoms with van der Waals surface area (Å²) in [6, 6.07) is 1.88. The van der Waals surface area contributed by atoms with E-state index in [1.807, 2.05) is 20.0 Å². The molecule has 0 amide bonds. The second-order valence-electron chi connectivity index (χ2n) is 3.30. The lowest BCUT2D eigenvalue weighted by molar-refractivity contribution is 0.900. The molecule has 4 nitrogen and oxygen atoms in total. The normalized spacial score (nSPS) is 10.5. The Morgan fingerprint density at radius 2 is 2.33 bits per heavy atom. The largest absolute Gasteiger partial charge is 0.383 e. The average molecular weight is 240 g/mol. The van der Waals surface area contributed by atoms with Crippen molar-refractivity contribution in [1.82, 2.24) is 9.36 Å². The minimum Gasteiger partial charge on any atom is -0.383 e. The molecule has 2 aromatic rings. The Kier molecular flexibility index (Phi) is 2.88. The third-order valence-corrected chi connectivity index (χ3v) is 3.70. The lowest BCUT2D eigenvalue weighted by Gasteiger charge is -2.14. The Morgan fingerprint density at radius 3 is 2.87 bits per heavy atom. The van der Waals surface area contributed by atoms with Gasteiger partial charge in [-0.15, -0.1) is 11.3 Å². The molecule has 0 unspecified atom stereocenters. The molecule has 2 rings (SSSR count). The fourth-order valence-corrected chi connectivity index (χ4v) is 2.49. The molecule has 2 heterocycles. The summed E-state index contributed by atoms with van der Waals surface area (Å²) in [6.07, 6.45) is 0. The lowest BCUT2D eigenvalue weighted by atomic mass is 10.4. The highest BCUT2D eigenvalue weighted by molar-refractivity contribution is 7.10. The number of aryl methyl sites for hydroxylation is 1. The molecule has 0 atom stereocenters. The van der Waals surface area contributed by atoms with Gasteiger partial charge in [0.25, 0.3) is 0 Å². The predicted octanol–water partition coefficient (Wildman–Crippen LogP) is 2.13. The van der Waals surface area contributed by atoms with Gasteiger partial charge in [-0.2, -0.15) is 4.37 Å². The van der Waals surface area contributed by atoms with Crippen LogP contribution in [0.5, 0.6) is 0 Å². The molecule has 80 valence electrons. The molecule has 2 N–H and O–H groups in total. The highest BCUT2D eigenvalue weighted by atomic mass is 32.1. The van der Waals surface area contributed by atoms with Crippen LogP contribution in [0.25, 0.3) is 0 Å². The molecular formula is C9H12N4S2. The van der Waals surface area contributed by atoms with Gasteiger partial charge in [0.2, 0.25) is 0 Å². The topological polar surface area (TPSA) is 55.0 Å². The molecular weight excluding hydrogens is 228 g/mol. The number of hydrogen-bond acceptors (Lipinski definition) is 6. The zero-order valence-corrected chi connectivity index (χ0v) is 10.2. The van der Waals surface area contributed by atoms with Crippen LogP contribution in [0.3, 0.4) is 0 Å². The minimum absolute atomic E-state index is 0.580. The van der Waals surface area contributed by atoms with Crippen LogP contribution in [-0.4, -0.2) is 16.4 Å².